The molecule has 1 heterocycles. The van der Waals surface area contributed by atoms with E-state index in [1.807, 2.05) is 0 Å². The van der Waals surface area contributed by atoms with Crippen molar-refractivity contribution >= 4 is 5.97 Å². The Morgan fingerprint density at radius 2 is 2.00 bits per heavy atom. The van der Waals surface area contributed by atoms with Crippen LogP contribution in [0.5, 0.6) is 17.2 Å². The van der Waals surface area contributed by atoms with Crippen molar-refractivity contribution in [3.05, 3.63) is 17.4 Å². The first-order valence-electron chi connectivity index (χ1n) is 6.11. The first-order valence-corrected chi connectivity index (χ1v) is 6.11. The molecule has 1 aliphatic carbocycles. The van der Waals surface area contributed by atoms with Crippen molar-refractivity contribution in [2.24, 2.45) is 0 Å². The number of aromatic hydroxyl groups is 1. The second-order valence-corrected chi connectivity index (χ2v) is 4.91. The SMILES string of the molecule is O=C(O)C1(c2c(F)c(O)cc3c2OCO3)CCCC1. The molecule has 2 N–H and O–H groups in total. The number of carbonyl (C=O) groups is 1. The summed E-state index contributed by atoms with van der Waals surface area (Å²) in [6, 6.07) is 1.12. The summed E-state index contributed by atoms with van der Waals surface area (Å²) in [6.45, 7) is -0.0963. The van der Waals surface area contributed by atoms with Gasteiger partial charge in [0.25, 0.3) is 0 Å². The predicted molar refractivity (Wildman–Crippen MR) is 62.0 cm³/mol. The Morgan fingerprint density at radius 1 is 1.32 bits per heavy atom. The zero-order chi connectivity index (χ0) is 13.6. The number of fused-ring (bicyclic) bond motifs is 1. The number of rotatable bonds is 2. The number of hydrogen-bond donors (Lipinski definition) is 2. The van der Waals surface area contributed by atoms with E-state index in [0.717, 1.165) is 6.07 Å². The van der Waals surface area contributed by atoms with Gasteiger partial charge < -0.3 is 19.7 Å². The van der Waals surface area contributed by atoms with E-state index < -0.39 is 23.0 Å². The summed E-state index contributed by atoms with van der Waals surface area (Å²) in [6.07, 6.45) is 2.07. The fourth-order valence-corrected chi connectivity index (χ4v) is 2.98. The van der Waals surface area contributed by atoms with Gasteiger partial charge in [-0.1, -0.05) is 12.8 Å². The molecule has 0 aromatic heterocycles. The highest BCUT2D eigenvalue weighted by Gasteiger charge is 2.49. The van der Waals surface area contributed by atoms with Gasteiger partial charge in [-0.05, 0) is 12.8 Å². The molecule has 1 fully saturated rings. The molecule has 5 nitrogen and oxygen atoms in total. The van der Waals surface area contributed by atoms with Gasteiger partial charge in [-0.3, -0.25) is 4.79 Å². The summed E-state index contributed by atoms with van der Waals surface area (Å²) in [5, 5.41) is 19.1. The van der Waals surface area contributed by atoms with Crippen LogP contribution in [0.2, 0.25) is 0 Å². The number of aliphatic carboxylic acids is 1. The van der Waals surface area contributed by atoms with Crippen LogP contribution in [0.1, 0.15) is 31.2 Å². The largest absolute Gasteiger partial charge is 0.505 e. The summed E-state index contributed by atoms with van der Waals surface area (Å²) in [5.74, 6) is -2.31. The second-order valence-electron chi connectivity index (χ2n) is 4.91. The maximum atomic E-state index is 14.3. The number of phenolic OH excluding ortho intramolecular Hbond substituents is 1. The quantitative estimate of drug-likeness (QED) is 0.859. The third-order valence-electron chi connectivity index (χ3n) is 3.93. The first kappa shape index (κ1) is 12.1. The van der Waals surface area contributed by atoms with E-state index in [1.165, 1.54) is 0 Å². The van der Waals surface area contributed by atoms with Crippen LogP contribution in [0.4, 0.5) is 4.39 Å². The number of phenols is 1. The molecule has 0 bridgehead atoms. The van der Waals surface area contributed by atoms with Crippen LogP contribution in [-0.2, 0) is 10.2 Å². The van der Waals surface area contributed by atoms with E-state index in [4.69, 9.17) is 9.47 Å². The van der Waals surface area contributed by atoms with Gasteiger partial charge in [0.2, 0.25) is 6.79 Å². The molecule has 0 saturated heterocycles. The van der Waals surface area contributed by atoms with E-state index >= 15 is 0 Å². The van der Waals surface area contributed by atoms with Crippen LogP contribution in [0.25, 0.3) is 0 Å². The maximum absolute atomic E-state index is 14.3. The van der Waals surface area contributed by atoms with Crippen LogP contribution in [0, 0.1) is 5.82 Å². The lowest BCUT2D eigenvalue weighted by atomic mass is 9.78. The van der Waals surface area contributed by atoms with E-state index in [1.54, 1.807) is 0 Å². The molecule has 1 aromatic rings. The molecule has 3 rings (SSSR count). The summed E-state index contributed by atoms with van der Waals surface area (Å²) in [5.41, 5.74) is -1.41. The summed E-state index contributed by atoms with van der Waals surface area (Å²) >= 11 is 0. The van der Waals surface area contributed by atoms with Crippen LogP contribution in [0.15, 0.2) is 6.07 Å². The van der Waals surface area contributed by atoms with Gasteiger partial charge in [0.05, 0.1) is 11.0 Å². The van der Waals surface area contributed by atoms with Crippen molar-refractivity contribution in [2.75, 3.05) is 6.79 Å². The summed E-state index contributed by atoms with van der Waals surface area (Å²) in [4.78, 5) is 11.6. The van der Waals surface area contributed by atoms with Crippen molar-refractivity contribution in [1.29, 1.82) is 0 Å². The van der Waals surface area contributed by atoms with Crippen molar-refractivity contribution in [2.45, 2.75) is 31.1 Å². The molecule has 0 spiro atoms. The molecular weight excluding hydrogens is 255 g/mol. The average Bonchev–Trinajstić information content (AvgIpc) is 2.99. The highest BCUT2D eigenvalue weighted by Crippen LogP contribution is 2.52. The summed E-state index contributed by atoms with van der Waals surface area (Å²) < 4.78 is 24.6. The van der Waals surface area contributed by atoms with Crippen molar-refractivity contribution in [1.82, 2.24) is 0 Å². The molecule has 0 amide bonds. The summed E-state index contributed by atoms with van der Waals surface area (Å²) in [7, 11) is 0. The van der Waals surface area contributed by atoms with E-state index in [9.17, 15) is 19.4 Å². The standard InChI is InChI=1S/C13H13FO5/c14-10-7(15)5-8-11(19-6-18-8)9(10)13(12(16)17)3-1-2-4-13/h5,15H,1-4,6H2,(H,16,17). The first-order chi connectivity index (χ1) is 9.06. The Hall–Kier alpha value is -1.98. The zero-order valence-electron chi connectivity index (χ0n) is 10.1. The Morgan fingerprint density at radius 3 is 2.63 bits per heavy atom. The lowest BCUT2D eigenvalue weighted by Gasteiger charge is -2.26. The van der Waals surface area contributed by atoms with Crippen molar-refractivity contribution < 1.29 is 28.9 Å². The molecule has 102 valence electrons. The average molecular weight is 268 g/mol. The molecule has 6 heteroatoms. The molecule has 0 radical (unpaired) electrons. The predicted octanol–water partition coefficient (Wildman–Crippen LogP) is 2.16. The highest BCUT2D eigenvalue weighted by atomic mass is 19.1. The molecule has 1 aromatic carbocycles. The monoisotopic (exact) mass is 268 g/mol. The van der Waals surface area contributed by atoms with Gasteiger partial charge in [-0.15, -0.1) is 0 Å². The minimum Gasteiger partial charge on any atom is -0.505 e. The lowest BCUT2D eigenvalue weighted by molar-refractivity contribution is -0.143. The molecule has 2 aliphatic rings. The Bertz CT molecular complexity index is 548. The van der Waals surface area contributed by atoms with Gasteiger partial charge in [0.1, 0.15) is 0 Å². The Labute approximate surface area is 108 Å². The number of benzene rings is 1. The van der Waals surface area contributed by atoms with Gasteiger partial charge in [0.15, 0.2) is 23.1 Å². The van der Waals surface area contributed by atoms with Crippen LogP contribution in [0.3, 0.4) is 0 Å². The Balaban J connectivity index is 2.27. The van der Waals surface area contributed by atoms with Gasteiger partial charge in [0, 0.05) is 6.07 Å². The van der Waals surface area contributed by atoms with E-state index in [-0.39, 0.29) is 23.9 Å². The highest BCUT2D eigenvalue weighted by molar-refractivity contribution is 5.84. The van der Waals surface area contributed by atoms with Crippen LogP contribution < -0.4 is 9.47 Å². The maximum Gasteiger partial charge on any atom is 0.314 e. The van der Waals surface area contributed by atoms with E-state index in [0.29, 0.717) is 25.7 Å². The van der Waals surface area contributed by atoms with Gasteiger partial charge >= 0.3 is 5.97 Å². The topological polar surface area (TPSA) is 76.0 Å². The molecular formula is C13H13FO5. The molecule has 1 aliphatic heterocycles. The number of carboxylic acid groups (broad SMARTS) is 1. The van der Waals surface area contributed by atoms with Crippen molar-refractivity contribution in [3.8, 4) is 17.2 Å². The fourth-order valence-electron chi connectivity index (χ4n) is 2.98. The van der Waals surface area contributed by atoms with Crippen molar-refractivity contribution in [3.63, 3.8) is 0 Å². The van der Waals surface area contributed by atoms with Crippen LogP contribution in [-0.4, -0.2) is 23.0 Å². The number of carboxylic acids is 1. The lowest BCUT2D eigenvalue weighted by Crippen LogP contribution is -2.34. The fraction of sp³-hybridized carbons (Fsp3) is 0.462. The number of halogens is 1. The number of ether oxygens (including phenoxy) is 2. The van der Waals surface area contributed by atoms with Gasteiger partial charge in [-0.2, -0.15) is 0 Å². The third-order valence-corrected chi connectivity index (χ3v) is 3.93. The minimum absolute atomic E-state index is 0.0787. The zero-order valence-corrected chi connectivity index (χ0v) is 10.1. The Kier molecular flexibility index (Phi) is 2.55. The smallest absolute Gasteiger partial charge is 0.314 e. The third kappa shape index (κ3) is 1.55. The second kappa shape index (κ2) is 4.01. The van der Waals surface area contributed by atoms with Gasteiger partial charge in [-0.25, -0.2) is 4.39 Å². The van der Waals surface area contributed by atoms with E-state index in [2.05, 4.69) is 0 Å². The normalized spacial score (nSPS) is 19.6. The number of hydrogen-bond acceptors (Lipinski definition) is 4. The van der Waals surface area contributed by atoms with Crippen LogP contribution >= 0.6 is 0 Å². The molecule has 0 unspecified atom stereocenters. The minimum atomic E-state index is -1.33. The molecule has 1 saturated carbocycles. The molecule has 0 atom stereocenters. The molecule has 19 heavy (non-hydrogen) atoms.